The number of rotatable bonds is 8. The Labute approximate surface area is 199 Å². The third kappa shape index (κ3) is 4.26. The first-order chi connectivity index (χ1) is 16.4. The third-order valence-electron chi connectivity index (χ3n) is 5.64. The first-order valence-electron chi connectivity index (χ1n) is 10.5. The number of hydrogen-bond acceptors (Lipinski definition) is 7. The van der Waals surface area contributed by atoms with Gasteiger partial charge in [0.1, 0.15) is 11.5 Å². The highest BCUT2D eigenvalue weighted by Crippen LogP contribution is 2.44. The summed E-state index contributed by atoms with van der Waals surface area (Å²) in [6, 6.07) is 18.3. The Bertz CT molecular complexity index is 1290. The standard InChI is InChI=1S/C25H26N2O6S/c1-30-18-13-17(14-19(15-18)31-2)22-16-23(21-11-8-12-24(32-3)25(21)33-4)27(26-22)34(28,29)20-9-6-5-7-10-20/h5-15,23H,16H2,1-4H3/t23-/m1/s1. The van der Waals surface area contributed by atoms with Crippen LogP contribution in [0.2, 0.25) is 0 Å². The van der Waals surface area contributed by atoms with Gasteiger partial charge in [-0.25, -0.2) is 0 Å². The zero-order valence-electron chi connectivity index (χ0n) is 19.4. The van der Waals surface area contributed by atoms with E-state index in [9.17, 15) is 8.42 Å². The minimum atomic E-state index is -3.97. The second-order valence-electron chi connectivity index (χ2n) is 7.54. The molecule has 0 amide bonds. The van der Waals surface area contributed by atoms with Gasteiger partial charge in [0.2, 0.25) is 0 Å². The molecule has 4 rings (SSSR count). The van der Waals surface area contributed by atoms with Gasteiger partial charge in [-0.15, -0.1) is 0 Å². The van der Waals surface area contributed by atoms with Crippen molar-refractivity contribution in [3.05, 3.63) is 77.9 Å². The maximum atomic E-state index is 13.7. The van der Waals surface area contributed by atoms with Gasteiger partial charge in [-0.05, 0) is 30.3 Å². The average molecular weight is 483 g/mol. The number of sulfonamides is 1. The lowest BCUT2D eigenvalue weighted by molar-refractivity contribution is 0.328. The molecule has 0 saturated heterocycles. The second kappa shape index (κ2) is 9.64. The summed E-state index contributed by atoms with van der Waals surface area (Å²) in [5.74, 6) is 2.13. The van der Waals surface area contributed by atoms with Gasteiger partial charge in [-0.2, -0.15) is 17.9 Å². The fourth-order valence-electron chi connectivity index (χ4n) is 3.97. The molecule has 34 heavy (non-hydrogen) atoms. The predicted octanol–water partition coefficient (Wildman–Crippen LogP) is 4.26. The third-order valence-corrected chi connectivity index (χ3v) is 7.33. The van der Waals surface area contributed by atoms with E-state index in [0.717, 1.165) is 4.41 Å². The molecule has 3 aromatic rings. The van der Waals surface area contributed by atoms with Crippen molar-refractivity contribution in [2.45, 2.75) is 17.4 Å². The van der Waals surface area contributed by atoms with Gasteiger partial charge in [0.15, 0.2) is 11.5 Å². The number of benzene rings is 3. The number of para-hydroxylation sites is 1. The molecular weight excluding hydrogens is 456 g/mol. The van der Waals surface area contributed by atoms with Gasteiger partial charge in [0.05, 0.1) is 45.1 Å². The van der Waals surface area contributed by atoms with Crippen LogP contribution in [0.4, 0.5) is 0 Å². The van der Waals surface area contributed by atoms with Crippen molar-refractivity contribution < 1.29 is 27.4 Å². The van der Waals surface area contributed by atoms with Gasteiger partial charge in [-0.1, -0.05) is 30.3 Å². The Morgan fingerprint density at radius 1 is 0.824 bits per heavy atom. The van der Waals surface area contributed by atoms with Crippen LogP contribution in [0.3, 0.4) is 0 Å². The maximum Gasteiger partial charge on any atom is 0.279 e. The molecule has 0 unspecified atom stereocenters. The Balaban J connectivity index is 1.88. The highest BCUT2D eigenvalue weighted by molar-refractivity contribution is 7.89. The number of nitrogens with zero attached hydrogens (tertiary/aromatic N) is 2. The van der Waals surface area contributed by atoms with Gasteiger partial charge in [-0.3, -0.25) is 0 Å². The number of hydrazone groups is 1. The lowest BCUT2D eigenvalue weighted by Crippen LogP contribution is -2.27. The lowest BCUT2D eigenvalue weighted by atomic mass is 9.98. The second-order valence-corrected chi connectivity index (χ2v) is 9.34. The van der Waals surface area contributed by atoms with Gasteiger partial charge in [0, 0.05) is 23.6 Å². The van der Waals surface area contributed by atoms with E-state index < -0.39 is 16.1 Å². The van der Waals surface area contributed by atoms with Crippen molar-refractivity contribution in [1.82, 2.24) is 4.41 Å². The van der Waals surface area contributed by atoms with Crippen molar-refractivity contribution >= 4 is 15.7 Å². The molecule has 0 radical (unpaired) electrons. The van der Waals surface area contributed by atoms with Gasteiger partial charge < -0.3 is 18.9 Å². The monoisotopic (exact) mass is 482 g/mol. The molecule has 0 fully saturated rings. The van der Waals surface area contributed by atoms with Crippen LogP contribution in [0.15, 0.2) is 76.7 Å². The highest BCUT2D eigenvalue weighted by atomic mass is 32.2. The van der Waals surface area contributed by atoms with Crippen molar-refractivity contribution in [3.63, 3.8) is 0 Å². The van der Waals surface area contributed by atoms with E-state index in [1.165, 1.54) is 7.11 Å². The maximum absolute atomic E-state index is 13.7. The quantitative estimate of drug-likeness (QED) is 0.477. The zero-order chi connectivity index (χ0) is 24.3. The molecule has 0 saturated carbocycles. The molecule has 9 heteroatoms. The Kier molecular flexibility index (Phi) is 6.65. The van der Waals surface area contributed by atoms with Crippen LogP contribution < -0.4 is 18.9 Å². The van der Waals surface area contributed by atoms with Crippen molar-refractivity contribution in [1.29, 1.82) is 0 Å². The summed E-state index contributed by atoms with van der Waals surface area (Å²) in [4.78, 5) is 0.148. The van der Waals surface area contributed by atoms with Crippen LogP contribution in [0, 0.1) is 0 Å². The summed E-state index contributed by atoms with van der Waals surface area (Å²) in [5.41, 5.74) is 1.93. The largest absolute Gasteiger partial charge is 0.497 e. The average Bonchev–Trinajstić information content (AvgIpc) is 3.34. The fraction of sp³-hybridized carbons (Fsp3) is 0.240. The fourth-order valence-corrected chi connectivity index (χ4v) is 5.41. The van der Waals surface area contributed by atoms with Crippen LogP contribution >= 0.6 is 0 Å². The molecule has 0 bridgehead atoms. The molecule has 0 N–H and O–H groups in total. The number of ether oxygens (including phenoxy) is 4. The summed E-state index contributed by atoms with van der Waals surface area (Å²) in [7, 11) is 2.23. The van der Waals surface area contributed by atoms with Crippen molar-refractivity contribution in [2.24, 2.45) is 5.10 Å². The molecule has 1 aliphatic heterocycles. The molecular formula is C25H26N2O6S. The molecule has 1 heterocycles. The molecule has 1 atom stereocenters. The van der Waals surface area contributed by atoms with E-state index >= 15 is 0 Å². The summed E-state index contributed by atoms with van der Waals surface area (Å²) >= 11 is 0. The normalized spacial score (nSPS) is 15.6. The zero-order valence-corrected chi connectivity index (χ0v) is 20.2. The van der Waals surface area contributed by atoms with Crippen LogP contribution in [-0.2, 0) is 10.0 Å². The van der Waals surface area contributed by atoms with Gasteiger partial charge >= 0.3 is 0 Å². The van der Waals surface area contributed by atoms with E-state index in [1.807, 2.05) is 6.07 Å². The van der Waals surface area contributed by atoms with Crippen molar-refractivity contribution in [3.8, 4) is 23.0 Å². The first-order valence-corrected chi connectivity index (χ1v) is 12.0. The van der Waals surface area contributed by atoms with E-state index in [0.29, 0.717) is 46.3 Å². The topological polar surface area (TPSA) is 86.7 Å². The van der Waals surface area contributed by atoms with E-state index in [1.54, 1.807) is 82.0 Å². The van der Waals surface area contributed by atoms with Crippen LogP contribution in [0.5, 0.6) is 23.0 Å². The molecule has 1 aliphatic rings. The van der Waals surface area contributed by atoms with Gasteiger partial charge in [0.25, 0.3) is 10.0 Å². The number of methoxy groups -OCH3 is 4. The molecule has 0 aliphatic carbocycles. The summed E-state index contributed by atoms with van der Waals surface area (Å²) in [6.45, 7) is 0. The molecule has 3 aromatic carbocycles. The Morgan fingerprint density at radius 2 is 1.50 bits per heavy atom. The number of hydrogen-bond donors (Lipinski definition) is 0. The van der Waals surface area contributed by atoms with Crippen LogP contribution in [0.25, 0.3) is 0 Å². The first kappa shape index (κ1) is 23.4. The highest BCUT2D eigenvalue weighted by Gasteiger charge is 2.39. The Morgan fingerprint density at radius 3 is 2.09 bits per heavy atom. The van der Waals surface area contributed by atoms with Crippen LogP contribution in [-0.4, -0.2) is 47.0 Å². The molecule has 8 nitrogen and oxygen atoms in total. The lowest BCUT2D eigenvalue weighted by Gasteiger charge is -2.25. The van der Waals surface area contributed by atoms with E-state index in [4.69, 9.17) is 18.9 Å². The van der Waals surface area contributed by atoms with E-state index in [-0.39, 0.29) is 4.90 Å². The Hall–Kier alpha value is -3.72. The molecule has 0 aromatic heterocycles. The SMILES string of the molecule is COc1cc(OC)cc(C2=NN(S(=O)(=O)c3ccccc3)[C@@H](c3cccc(OC)c3OC)C2)c1. The molecule has 178 valence electrons. The minimum Gasteiger partial charge on any atom is -0.497 e. The van der Waals surface area contributed by atoms with E-state index in [2.05, 4.69) is 5.10 Å². The minimum absolute atomic E-state index is 0.148. The molecule has 0 spiro atoms. The van der Waals surface area contributed by atoms with Crippen LogP contribution in [0.1, 0.15) is 23.6 Å². The summed E-state index contributed by atoms with van der Waals surface area (Å²) in [5, 5.41) is 4.60. The van der Waals surface area contributed by atoms with Crippen molar-refractivity contribution in [2.75, 3.05) is 28.4 Å². The smallest absolute Gasteiger partial charge is 0.279 e. The predicted molar refractivity (Wildman–Crippen MR) is 128 cm³/mol. The summed E-state index contributed by atoms with van der Waals surface area (Å²) < 4.78 is 50.4. The summed E-state index contributed by atoms with van der Waals surface area (Å²) in [6.07, 6.45) is 0.311.